The highest BCUT2D eigenvalue weighted by atomic mass is 16.4. The van der Waals surface area contributed by atoms with Gasteiger partial charge in [0.1, 0.15) is 11.0 Å². The largest absolute Gasteiger partial charge is 0.436 e. The fourth-order valence-corrected chi connectivity index (χ4v) is 8.54. The first-order valence-electron chi connectivity index (χ1n) is 19.9. The molecule has 8 aromatic carbocycles. The number of rotatable bonds is 8. The van der Waals surface area contributed by atoms with Gasteiger partial charge in [-0.1, -0.05) is 86.6 Å². The Kier molecular flexibility index (Phi) is 8.05. The maximum Gasteiger partial charge on any atom is 0.227 e. The molecular formula is C53H38N4O2. The lowest BCUT2D eigenvalue weighted by Gasteiger charge is -2.29. The zero-order chi connectivity index (χ0) is 39.5. The molecule has 0 bridgehead atoms. The van der Waals surface area contributed by atoms with Gasteiger partial charge in [-0.15, -0.1) is 0 Å². The molecule has 0 radical (unpaired) electrons. The molecule has 0 atom stereocenters. The van der Waals surface area contributed by atoms with Crippen molar-refractivity contribution in [1.82, 2.24) is 9.97 Å². The van der Waals surface area contributed by atoms with Crippen LogP contribution < -0.4 is 9.80 Å². The maximum absolute atomic E-state index is 6.10. The molecule has 1 aliphatic rings. The number of hydrogen-bond acceptors (Lipinski definition) is 6. The molecule has 11 rings (SSSR count). The van der Waals surface area contributed by atoms with Crippen LogP contribution >= 0.6 is 0 Å². The first kappa shape index (κ1) is 34.5. The molecule has 0 unspecified atom stereocenters. The van der Waals surface area contributed by atoms with Crippen LogP contribution in [0.25, 0.3) is 56.2 Å². The molecule has 6 nitrogen and oxygen atoms in total. The third kappa shape index (κ3) is 5.96. The second kappa shape index (κ2) is 13.7. The summed E-state index contributed by atoms with van der Waals surface area (Å²) in [6, 6.07) is 67.6. The number of anilines is 6. The van der Waals surface area contributed by atoms with E-state index >= 15 is 0 Å². The van der Waals surface area contributed by atoms with Gasteiger partial charge < -0.3 is 18.6 Å². The van der Waals surface area contributed by atoms with E-state index in [0.29, 0.717) is 11.8 Å². The van der Waals surface area contributed by atoms with Gasteiger partial charge in [0.25, 0.3) is 0 Å². The van der Waals surface area contributed by atoms with Crippen LogP contribution in [0.4, 0.5) is 34.1 Å². The highest BCUT2D eigenvalue weighted by Crippen LogP contribution is 2.52. The standard InChI is InChI=1S/C53H38N4O2/c1-53(2)45-33-41(56(37-13-5-3-6-14-37)39-25-21-35(22-26-39)51-54-47-17-9-11-19-49(47)58-51)29-31-43(45)44-32-30-42(34-46(44)53)57(38-15-7-4-8-16-38)40-27-23-36(24-28-40)52-55-48-18-10-12-20-50(48)59-52/h3-34H,1-2H3. The number of para-hydroxylation sites is 6. The van der Waals surface area contributed by atoms with Gasteiger partial charge in [0.15, 0.2) is 11.2 Å². The molecule has 10 aromatic rings. The van der Waals surface area contributed by atoms with Crippen LogP contribution in [0, 0.1) is 0 Å². The normalized spacial score (nSPS) is 12.7. The van der Waals surface area contributed by atoms with E-state index in [1.54, 1.807) is 0 Å². The van der Waals surface area contributed by atoms with E-state index in [2.05, 4.69) is 169 Å². The van der Waals surface area contributed by atoms with Crippen LogP contribution in [0.5, 0.6) is 0 Å². The van der Waals surface area contributed by atoms with E-state index < -0.39 is 0 Å². The molecule has 0 saturated carbocycles. The average molecular weight is 763 g/mol. The topological polar surface area (TPSA) is 58.5 Å². The third-order valence-corrected chi connectivity index (χ3v) is 11.5. The molecule has 2 aromatic heterocycles. The monoisotopic (exact) mass is 762 g/mol. The summed E-state index contributed by atoms with van der Waals surface area (Å²) >= 11 is 0. The summed E-state index contributed by atoms with van der Waals surface area (Å²) in [5.41, 5.74) is 16.4. The zero-order valence-electron chi connectivity index (χ0n) is 32.6. The molecule has 0 spiro atoms. The minimum Gasteiger partial charge on any atom is -0.436 e. The van der Waals surface area contributed by atoms with Gasteiger partial charge in [0.2, 0.25) is 11.8 Å². The Morgan fingerprint density at radius 2 is 0.729 bits per heavy atom. The first-order valence-corrected chi connectivity index (χ1v) is 19.9. The molecular weight excluding hydrogens is 725 g/mol. The summed E-state index contributed by atoms with van der Waals surface area (Å²) in [7, 11) is 0. The lowest BCUT2D eigenvalue weighted by Crippen LogP contribution is -2.17. The summed E-state index contributed by atoms with van der Waals surface area (Å²) in [5.74, 6) is 1.23. The van der Waals surface area contributed by atoms with Crippen molar-refractivity contribution >= 4 is 56.3 Å². The van der Waals surface area contributed by atoms with Crippen LogP contribution in [0.2, 0.25) is 0 Å². The summed E-state index contributed by atoms with van der Waals surface area (Å²) in [6.07, 6.45) is 0. The van der Waals surface area contributed by atoms with Crippen molar-refractivity contribution in [3.63, 3.8) is 0 Å². The predicted octanol–water partition coefficient (Wildman–Crippen LogP) is 14.5. The van der Waals surface area contributed by atoms with Gasteiger partial charge in [-0.05, 0) is 144 Å². The number of hydrogen-bond donors (Lipinski definition) is 0. The molecule has 0 fully saturated rings. The third-order valence-electron chi connectivity index (χ3n) is 11.5. The average Bonchev–Trinajstić information content (AvgIpc) is 3.98. The molecule has 1 aliphatic carbocycles. The smallest absolute Gasteiger partial charge is 0.227 e. The van der Waals surface area contributed by atoms with Crippen LogP contribution in [0.15, 0.2) is 203 Å². The van der Waals surface area contributed by atoms with Crippen LogP contribution in [-0.2, 0) is 5.41 Å². The highest BCUT2D eigenvalue weighted by Gasteiger charge is 2.37. The zero-order valence-corrected chi connectivity index (χ0v) is 32.6. The first-order chi connectivity index (χ1) is 29.0. The van der Waals surface area contributed by atoms with E-state index in [0.717, 1.165) is 67.5 Å². The van der Waals surface area contributed by atoms with Crippen molar-refractivity contribution in [2.75, 3.05) is 9.80 Å². The molecule has 2 heterocycles. The van der Waals surface area contributed by atoms with Gasteiger partial charge in [-0.25, -0.2) is 9.97 Å². The van der Waals surface area contributed by atoms with Crippen molar-refractivity contribution < 1.29 is 8.83 Å². The number of aromatic nitrogens is 2. The Morgan fingerprint density at radius 3 is 1.14 bits per heavy atom. The SMILES string of the molecule is CC1(C)c2cc(N(c3ccccc3)c3ccc(-c4nc5ccccc5o4)cc3)ccc2-c2ccc(N(c3ccccc3)c3ccc(-c4nc5ccccc5o4)cc3)cc21. The predicted molar refractivity (Wildman–Crippen MR) is 239 cm³/mol. The maximum atomic E-state index is 6.10. The van der Waals surface area contributed by atoms with E-state index in [1.807, 2.05) is 48.5 Å². The summed E-state index contributed by atoms with van der Waals surface area (Å²) in [4.78, 5) is 14.1. The minimum absolute atomic E-state index is 0.269. The molecule has 6 heteroatoms. The van der Waals surface area contributed by atoms with Crippen molar-refractivity contribution in [1.29, 1.82) is 0 Å². The van der Waals surface area contributed by atoms with E-state index in [9.17, 15) is 0 Å². The Hall–Kier alpha value is -7.70. The second-order valence-electron chi connectivity index (χ2n) is 15.5. The summed E-state index contributed by atoms with van der Waals surface area (Å²) in [5, 5.41) is 0. The summed E-state index contributed by atoms with van der Waals surface area (Å²) in [6.45, 7) is 4.68. The van der Waals surface area contributed by atoms with Gasteiger partial charge in [-0.2, -0.15) is 0 Å². The van der Waals surface area contributed by atoms with E-state index in [4.69, 9.17) is 18.8 Å². The van der Waals surface area contributed by atoms with Gasteiger partial charge in [0.05, 0.1) is 0 Å². The molecule has 0 amide bonds. The lowest BCUT2D eigenvalue weighted by atomic mass is 9.82. The van der Waals surface area contributed by atoms with Crippen LogP contribution in [0.1, 0.15) is 25.0 Å². The fourth-order valence-electron chi connectivity index (χ4n) is 8.54. The van der Waals surface area contributed by atoms with Gasteiger partial charge in [-0.3, -0.25) is 0 Å². The van der Waals surface area contributed by atoms with E-state index in [1.165, 1.54) is 22.3 Å². The lowest BCUT2D eigenvalue weighted by molar-refractivity contribution is 0.619. The van der Waals surface area contributed by atoms with Crippen LogP contribution in [0.3, 0.4) is 0 Å². The second-order valence-corrected chi connectivity index (χ2v) is 15.5. The highest BCUT2D eigenvalue weighted by molar-refractivity contribution is 5.89. The Morgan fingerprint density at radius 1 is 0.373 bits per heavy atom. The minimum atomic E-state index is -0.269. The molecule has 0 N–H and O–H groups in total. The van der Waals surface area contributed by atoms with Crippen molar-refractivity contribution in [3.05, 3.63) is 205 Å². The fraction of sp³-hybridized carbons (Fsp3) is 0.0566. The summed E-state index contributed by atoms with van der Waals surface area (Å²) < 4.78 is 12.2. The number of benzene rings is 8. The van der Waals surface area contributed by atoms with Gasteiger partial charge in [0, 0.05) is 50.7 Å². The van der Waals surface area contributed by atoms with E-state index in [-0.39, 0.29) is 5.41 Å². The molecule has 0 aliphatic heterocycles. The number of fused-ring (bicyclic) bond motifs is 5. The number of nitrogens with zero attached hydrogens (tertiary/aromatic N) is 4. The quantitative estimate of drug-likeness (QED) is 0.154. The molecule has 59 heavy (non-hydrogen) atoms. The molecule has 0 saturated heterocycles. The Balaban J connectivity index is 0.950. The van der Waals surface area contributed by atoms with Crippen molar-refractivity contribution in [2.45, 2.75) is 19.3 Å². The van der Waals surface area contributed by atoms with Crippen LogP contribution in [-0.4, -0.2) is 9.97 Å². The van der Waals surface area contributed by atoms with Gasteiger partial charge >= 0.3 is 0 Å². The van der Waals surface area contributed by atoms with Crippen molar-refractivity contribution in [3.8, 4) is 34.0 Å². The van der Waals surface area contributed by atoms with Crippen molar-refractivity contribution in [2.24, 2.45) is 0 Å². The Bertz CT molecular complexity index is 2850. The number of oxazole rings is 2. The Labute approximate surface area is 342 Å². The molecule has 282 valence electrons.